The molecule has 59 heavy (non-hydrogen) atoms. The van der Waals surface area contributed by atoms with Crippen LogP contribution in [0.1, 0.15) is 51.7 Å². The van der Waals surface area contributed by atoms with E-state index in [1.54, 1.807) is 0 Å². The zero-order chi connectivity index (χ0) is 39.9. The van der Waals surface area contributed by atoms with Crippen molar-refractivity contribution >= 4 is 43.5 Å². The highest BCUT2D eigenvalue weighted by molar-refractivity contribution is 6.15. The lowest BCUT2D eigenvalue weighted by molar-refractivity contribution is 0.332. The number of para-hydroxylation sites is 1. The third-order valence-corrected chi connectivity index (χ3v) is 12.8. The van der Waals surface area contributed by atoms with Crippen LogP contribution in [0.15, 0.2) is 168 Å². The number of fused-ring (bicyclic) bond motifs is 6. The standard InChI is InChI=1S/C55H43N3O/c1-54(2)29-30-55(3,4)47-33-41(27-28-46(47)54)43-15-9-16-44-49-45(17-10-18-48(49)59-50(43)44)53-57-51(56-52(58-53)42-26-22-35-12-6-8-14-39(35)32-42)37-23-19-36(20-24-37)40-25-21-34-11-5-7-13-38(34)31-40/h5-28,31-33H,29-30H2,1-4H3. The number of rotatable bonds is 5. The molecular formula is C55H43N3O. The predicted octanol–water partition coefficient (Wildman–Crippen LogP) is 14.8. The van der Waals surface area contributed by atoms with E-state index in [0.717, 1.165) is 55.1 Å². The molecule has 0 atom stereocenters. The van der Waals surface area contributed by atoms with Gasteiger partial charge in [0, 0.05) is 33.0 Å². The molecule has 2 aromatic heterocycles. The molecule has 0 spiro atoms. The number of aromatic nitrogens is 3. The lowest BCUT2D eigenvalue weighted by Gasteiger charge is -2.42. The molecule has 4 nitrogen and oxygen atoms in total. The monoisotopic (exact) mass is 761 g/mol. The summed E-state index contributed by atoms with van der Waals surface area (Å²) in [6, 6.07) is 58.2. The van der Waals surface area contributed by atoms with Gasteiger partial charge in [0.2, 0.25) is 0 Å². The molecule has 4 heteroatoms. The minimum Gasteiger partial charge on any atom is -0.455 e. The van der Waals surface area contributed by atoms with Gasteiger partial charge in [0.05, 0.1) is 0 Å². The van der Waals surface area contributed by atoms with Gasteiger partial charge in [-0.15, -0.1) is 0 Å². The molecule has 0 bridgehead atoms. The average molecular weight is 762 g/mol. The normalized spacial score (nSPS) is 14.6. The van der Waals surface area contributed by atoms with Crippen molar-refractivity contribution in [2.45, 2.75) is 51.4 Å². The van der Waals surface area contributed by atoms with Gasteiger partial charge < -0.3 is 4.42 Å². The van der Waals surface area contributed by atoms with Crippen LogP contribution in [0.3, 0.4) is 0 Å². The predicted molar refractivity (Wildman–Crippen MR) is 245 cm³/mol. The van der Waals surface area contributed by atoms with Crippen molar-refractivity contribution in [2.24, 2.45) is 0 Å². The van der Waals surface area contributed by atoms with Gasteiger partial charge in [0.15, 0.2) is 17.5 Å². The summed E-state index contributed by atoms with van der Waals surface area (Å²) in [5, 5.41) is 6.80. The molecule has 0 saturated carbocycles. The van der Waals surface area contributed by atoms with Crippen LogP contribution >= 0.6 is 0 Å². The van der Waals surface area contributed by atoms with Crippen LogP contribution in [-0.2, 0) is 10.8 Å². The summed E-state index contributed by atoms with van der Waals surface area (Å²) in [4.78, 5) is 15.6. The quantitative estimate of drug-likeness (QED) is 0.175. The second-order valence-electron chi connectivity index (χ2n) is 17.5. The summed E-state index contributed by atoms with van der Waals surface area (Å²) in [6.07, 6.45) is 2.35. The van der Waals surface area contributed by atoms with Gasteiger partial charge in [-0.25, -0.2) is 15.0 Å². The van der Waals surface area contributed by atoms with E-state index in [4.69, 9.17) is 19.4 Å². The Balaban J connectivity index is 1.07. The lowest BCUT2D eigenvalue weighted by atomic mass is 9.63. The van der Waals surface area contributed by atoms with Gasteiger partial charge in [-0.05, 0) is 91.2 Å². The largest absolute Gasteiger partial charge is 0.455 e. The van der Waals surface area contributed by atoms with E-state index in [2.05, 4.69) is 185 Å². The number of furan rings is 1. The van der Waals surface area contributed by atoms with Gasteiger partial charge in [-0.3, -0.25) is 0 Å². The zero-order valence-electron chi connectivity index (χ0n) is 33.8. The van der Waals surface area contributed by atoms with Gasteiger partial charge in [0.1, 0.15) is 11.2 Å². The number of hydrogen-bond donors (Lipinski definition) is 0. The second kappa shape index (κ2) is 13.3. The van der Waals surface area contributed by atoms with E-state index in [1.165, 1.54) is 51.3 Å². The van der Waals surface area contributed by atoms with Gasteiger partial charge in [-0.2, -0.15) is 0 Å². The first kappa shape index (κ1) is 35.3. The number of hydrogen-bond acceptors (Lipinski definition) is 4. The van der Waals surface area contributed by atoms with E-state index in [-0.39, 0.29) is 10.8 Å². The van der Waals surface area contributed by atoms with Crippen molar-refractivity contribution in [3.8, 4) is 56.4 Å². The van der Waals surface area contributed by atoms with Gasteiger partial charge in [0.25, 0.3) is 0 Å². The molecule has 0 unspecified atom stereocenters. The first-order valence-electron chi connectivity index (χ1n) is 20.6. The Morgan fingerprint density at radius 1 is 0.407 bits per heavy atom. The molecule has 11 rings (SSSR count). The van der Waals surface area contributed by atoms with Gasteiger partial charge >= 0.3 is 0 Å². The van der Waals surface area contributed by atoms with Gasteiger partial charge in [-0.1, -0.05) is 173 Å². The summed E-state index contributed by atoms with van der Waals surface area (Å²) < 4.78 is 6.83. The van der Waals surface area contributed by atoms with Crippen LogP contribution in [0.4, 0.5) is 0 Å². The molecule has 0 fully saturated rings. The van der Waals surface area contributed by atoms with Crippen molar-refractivity contribution < 1.29 is 4.42 Å². The van der Waals surface area contributed by atoms with Crippen LogP contribution in [0, 0.1) is 0 Å². The summed E-state index contributed by atoms with van der Waals surface area (Å²) in [6.45, 7) is 9.52. The van der Waals surface area contributed by atoms with Crippen molar-refractivity contribution in [1.82, 2.24) is 15.0 Å². The minimum absolute atomic E-state index is 0.103. The van der Waals surface area contributed by atoms with E-state index in [1.807, 2.05) is 6.07 Å². The van der Waals surface area contributed by atoms with Crippen molar-refractivity contribution in [3.05, 3.63) is 175 Å². The van der Waals surface area contributed by atoms with E-state index in [9.17, 15) is 0 Å². The van der Waals surface area contributed by atoms with Crippen LogP contribution < -0.4 is 0 Å². The molecule has 1 aliphatic carbocycles. The summed E-state index contributed by atoms with van der Waals surface area (Å²) in [5.74, 6) is 1.85. The maximum absolute atomic E-state index is 6.83. The molecule has 8 aromatic carbocycles. The topological polar surface area (TPSA) is 51.8 Å². The third kappa shape index (κ3) is 6.01. The lowest BCUT2D eigenvalue weighted by Crippen LogP contribution is -2.33. The summed E-state index contributed by atoms with van der Waals surface area (Å²) in [5.41, 5.74) is 12.2. The molecule has 2 heterocycles. The Kier molecular flexibility index (Phi) is 7.96. The van der Waals surface area contributed by atoms with Crippen molar-refractivity contribution in [2.75, 3.05) is 0 Å². The summed E-state index contributed by atoms with van der Waals surface area (Å²) in [7, 11) is 0. The zero-order valence-corrected chi connectivity index (χ0v) is 33.8. The molecule has 284 valence electrons. The molecule has 0 saturated heterocycles. The Morgan fingerprint density at radius 3 is 1.68 bits per heavy atom. The Hall–Kier alpha value is -6.91. The molecule has 0 radical (unpaired) electrons. The Labute approximate surface area is 344 Å². The summed E-state index contributed by atoms with van der Waals surface area (Å²) >= 11 is 0. The SMILES string of the molecule is CC1(C)CCC(C)(C)c2cc(-c3cccc4c3oc3cccc(-c5nc(-c6ccc(-c7ccc8ccccc8c7)cc6)nc(-c6ccc7ccccc7c6)n5)c34)ccc21. The van der Waals surface area contributed by atoms with Crippen LogP contribution in [0.2, 0.25) is 0 Å². The molecule has 1 aliphatic rings. The highest BCUT2D eigenvalue weighted by Crippen LogP contribution is 2.48. The van der Waals surface area contributed by atoms with E-state index in [0.29, 0.717) is 17.5 Å². The Bertz CT molecular complexity index is 3280. The smallest absolute Gasteiger partial charge is 0.164 e. The molecule has 0 amide bonds. The van der Waals surface area contributed by atoms with Crippen LogP contribution in [-0.4, -0.2) is 15.0 Å². The maximum atomic E-state index is 6.83. The molecular weight excluding hydrogens is 719 g/mol. The average Bonchev–Trinajstić information content (AvgIpc) is 3.67. The van der Waals surface area contributed by atoms with E-state index >= 15 is 0 Å². The first-order chi connectivity index (χ1) is 28.7. The number of benzene rings is 8. The third-order valence-electron chi connectivity index (χ3n) is 12.8. The van der Waals surface area contributed by atoms with Crippen molar-refractivity contribution in [3.63, 3.8) is 0 Å². The highest BCUT2D eigenvalue weighted by atomic mass is 16.3. The molecule has 0 aliphatic heterocycles. The number of nitrogens with zero attached hydrogens (tertiary/aromatic N) is 3. The van der Waals surface area contributed by atoms with Crippen LogP contribution in [0.25, 0.3) is 99.9 Å². The first-order valence-corrected chi connectivity index (χ1v) is 20.6. The Morgan fingerprint density at radius 2 is 0.949 bits per heavy atom. The molecule has 0 N–H and O–H groups in total. The van der Waals surface area contributed by atoms with Crippen molar-refractivity contribution in [1.29, 1.82) is 0 Å². The fraction of sp³-hybridized carbons (Fsp3) is 0.145. The molecule has 10 aromatic rings. The highest BCUT2D eigenvalue weighted by Gasteiger charge is 2.37. The van der Waals surface area contributed by atoms with E-state index < -0.39 is 0 Å². The second-order valence-corrected chi connectivity index (χ2v) is 17.5. The minimum atomic E-state index is 0.103. The maximum Gasteiger partial charge on any atom is 0.164 e. The fourth-order valence-electron chi connectivity index (χ4n) is 9.28. The fourth-order valence-corrected chi connectivity index (χ4v) is 9.28. The van der Waals surface area contributed by atoms with Crippen LogP contribution in [0.5, 0.6) is 0 Å².